The summed E-state index contributed by atoms with van der Waals surface area (Å²) in [6.07, 6.45) is 3.01. The van der Waals surface area contributed by atoms with Gasteiger partial charge in [0.15, 0.2) is 0 Å². The lowest BCUT2D eigenvalue weighted by Crippen LogP contribution is -2.06. The molecule has 0 heterocycles. The molecule has 0 aliphatic rings. The highest BCUT2D eigenvalue weighted by molar-refractivity contribution is 5.68. The van der Waals surface area contributed by atoms with Gasteiger partial charge in [-0.1, -0.05) is 12.2 Å². The maximum absolute atomic E-state index is 10.3. The number of hydrogen-bond acceptors (Lipinski definition) is 2. The predicted octanol–water partition coefficient (Wildman–Crippen LogP) is 1.73. The van der Waals surface area contributed by atoms with Gasteiger partial charge in [-0.05, 0) is 6.92 Å². The summed E-state index contributed by atoms with van der Waals surface area (Å²) in [6.45, 7) is 5.18. The first-order chi connectivity index (χ1) is 5.65. The van der Waals surface area contributed by atoms with E-state index in [1.165, 1.54) is 6.08 Å². The van der Waals surface area contributed by atoms with Gasteiger partial charge < -0.3 is 5.11 Å². The van der Waals surface area contributed by atoms with Crippen LogP contribution in [0.5, 0.6) is 0 Å². The SMILES string of the molecule is C=CC(CC(=O)O)C(C#N)=CC. The van der Waals surface area contributed by atoms with E-state index in [1.807, 2.05) is 6.07 Å². The van der Waals surface area contributed by atoms with Crippen LogP contribution in [0.25, 0.3) is 0 Å². The van der Waals surface area contributed by atoms with Crippen molar-refractivity contribution in [3.8, 4) is 6.07 Å². The molecule has 1 unspecified atom stereocenters. The average molecular weight is 165 g/mol. The fraction of sp³-hybridized carbons (Fsp3) is 0.333. The summed E-state index contributed by atoms with van der Waals surface area (Å²) < 4.78 is 0. The third-order valence-electron chi connectivity index (χ3n) is 1.52. The molecule has 0 fully saturated rings. The number of carbonyl (C=O) groups is 1. The van der Waals surface area contributed by atoms with Crippen LogP contribution >= 0.6 is 0 Å². The van der Waals surface area contributed by atoms with Crippen LogP contribution in [0.3, 0.4) is 0 Å². The number of nitriles is 1. The Morgan fingerprint density at radius 1 is 1.83 bits per heavy atom. The topological polar surface area (TPSA) is 61.1 Å². The third kappa shape index (κ3) is 3.02. The number of carboxylic acid groups (broad SMARTS) is 1. The van der Waals surface area contributed by atoms with Crippen molar-refractivity contribution in [3.63, 3.8) is 0 Å². The van der Waals surface area contributed by atoms with Gasteiger partial charge in [0.05, 0.1) is 12.5 Å². The van der Waals surface area contributed by atoms with E-state index in [2.05, 4.69) is 6.58 Å². The lowest BCUT2D eigenvalue weighted by atomic mass is 9.97. The fourth-order valence-electron chi connectivity index (χ4n) is 0.870. The van der Waals surface area contributed by atoms with Crippen molar-refractivity contribution in [2.75, 3.05) is 0 Å². The molecule has 3 heteroatoms. The normalized spacial score (nSPS) is 13.2. The molecule has 3 nitrogen and oxygen atoms in total. The summed E-state index contributed by atoms with van der Waals surface area (Å²) in [5, 5.41) is 17.1. The summed E-state index contributed by atoms with van der Waals surface area (Å²) in [4.78, 5) is 10.3. The Kier molecular flexibility index (Phi) is 4.47. The fourth-order valence-corrected chi connectivity index (χ4v) is 0.870. The van der Waals surface area contributed by atoms with Gasteiger partial charge in [-0.25, -0.2) is 0 Å². The maximum Gasteiger partial charge on any atom is 0.304 e. The lowest BCUT2D eigenvalue weighted by molar-refractivity contribution is -0.137. The molecule has 0 radical (unpaired) electrons. The molecule has 0 amide bonds. The Bertz CT molecular complexity index is 248. The quantitative estimate of drug-likeness (QED) is 0.509. The lowest BCUT2D eigenvalue weighted by Gasteiger charge is -2.06. The molecule has 0 aromatic heterocycles. The number of nitrogens with zero attached hydrogens (tertiary/aromatic N) is 1. The first-order valence-corrected chi connectivity index (χ1v) is 3.56. The second-order valence-electron chi connectivity index (χ2n) is 2.30. The number of aliphatic carboxylic acids is 1. The summed E-state index contributed by atoms with van der Waals surface area (Å²) in [5.41, 5.74) is 0.451. The molecule has 12 heavy (non-hydrogen) atoms. The van der Waals surface area contributed by atoms with E-state index >= 15 is 0 Å². The van der Waals surface area contributed by atoms with Gasteiger partial charge in [-0.3, -0.25) is 4.79 Å². The molecular weight excluding hydrogens is 154 g/mol. The molecule has 0 rings (SSSR count). The zero-order valence-corrected chi connectivity index (χ0v) is 6.95. The van der Waals surface area contributed by atoms with Crippen LogP contribution in [-0.2, 0) is 4.79 Å². The van der Waals surface area contributed by atoms with Crippen molar-refractivity contribution in [1.29, 1.82) is 5.26 Å². The number of allylic oxidation sites excluding steroid dienone is 3. The van der Waals surface area contributed by atoms with Crippen LogP contribution in [0.2, 0.25) is 0 Å². The molecule has 0 aliphatic heterocycles. The average Bonchev–Trinajstić information content (AvgIpc) is 2.04. The third-order valence-corrected chi connectivity index (χ3v) is 1.52. The van der Waals surface area contributed by atoms with E-state index in [4.69, 9.17) is 10.4 Å². The zero-order valence-electron chi connectivity index (χ0n) is 6.95. The summed E-state index contributed by atoms with van der Waals surface area (Å²) in [6, 6.07) is 1.93. The first kappa shape index (κ1) is 10.4. The highest BCUT2D eigenvalue weighted by Crippen LogP contribution is 2.15. The molecule has 0 spiro atoms. The van der Waals surface area contributed by atoms with Gasteiger partial charge >= 0.3 is 5.97 Å². The molecule has 0 bridgehead atoms. The van der Waals surface area contributed by atoms with E-state index in [-0.39, 0.29) is 12.3 Å². The molecule has 64 valence electrons. The van der Waals surface area contributed by atoms with E-state index in [9.17, 15) is 4.79 Å². The Morgan fingerprint density at radius 3 is 2.67 bits per heavy atom. The van der Waals surface area contributed by atoms with Gasteiger partial charge in [0.1, 0.15) is 0 Å². The molecule has 0 saturated carbocycles. The smallest absolute Gasteiger partial charge is 0.304 e. The van der Waals surface area contributed by atoms with Gasteiger partial charge in [0.25, 0.3) is 0 Å². The first-order valence-electron chi connectivity index (χ1n) is 3.56. The highest BCUT2D eigenvalue weighted by atomic mass is 16.4. The van der Waals surface area contributed by atoms with E-state index in [0.29, 0.717) is 5.57 Å². The molecule has 0 aliphatic carbocycles. The van der Waals surface area contributed by atoms with Crippen LogP contribution in [0.4, 0.5) is 0 Å². The van der Waals surface area contributed by atoms with Crippen molar-refractivity contribution in [1.82, 2.24) is 0 Å². The van der Waals surface area contributed by atoms with Gasteiger partial charge in [-0.2, -0.15) is 5.26 Å². The van der Waals surface area contributed by atoms with Crippen molar-refractivity contribution >= 4 is 5.97 Å². The second kappa shape index (κ2) is 5.14. The Hall–Kier alpha value is -1.56. The van der Waals surface area contributed by atoms with E-state index < -0.39 is 5.97 Å². The standard InChI is InChI=1S/C9H11NO2/c1-3-7(5-9(11)12)8(4-2)6-10/h3-4,7H,1,5H2,2H3,(H,11,12). The van der Waals surface area contributed by atoms with E-state index in [0.717, 1.165) is 0 Å². The van der Waals surface area contributed by atoms with Crippen molar-refractivity contribution in [3.05, 3.63) is 24.3 Å². The maximum atomic E-state index is 10.3. The minimum atomic E-state index is -0.922. The number of hydrogen-bond donors (Lipinski definition) is 1. The minimum absolute atomic E-state index is 0.0727. The molecular formula is C9H11NO2. The van der Waals surface area contributed by atoms with Crippen LogP contribution < -0.4 is 0 Å². The van der Waals surface area contributed by atoms with Crippen LogP contribution in [0.15, 0.2) is 24.3 Å². The van der Waals surface area contributed by atoms with Gasteiger partial charge in [-0.15, -0.1) is 6.58 Å². The molecule has 0 aromatic carbocycles. The van der Waals surface area contributed by atoms with Gasteiger partial charge in [0, 0.05) is 11.5 Å². The summed E-state index contributed by atoms with van der Waals surface area (Å²) in [5.74, 6) is -1.29. The molecule has 0 saturated heterocycles. The van der Waals surface area contributed by atoms with Gasteiger partial charge in [0.2, 0.25) is 0 Å². The van der Waals surface area contributed by atoms with Crippen molar-refractivity contribution < 1.29 is 9.90 Å². The van der Waals surface area contributed by atoms with Crippen LogP contribution in [0, 0.1) is 17.2 Å². The predicted molar refractivity (Wildman–Crippen MR) is 45.3 cm³/mol. The van der Waals surface area contributed by atoms with Crippen LogP contribution in [-0.4, -0.2) is 11.1 Å². The van der Waals surface area contributed by atoms with Crippen molar-refractivity contribution in [2.24, 2.45) is 5.92 Å². The largest absolute Gasteiger partial charge is 0.481 e. The Morgan fingerprint density at radius 2 is 2.42 bits per heavy atom. The zero-order chi connectivity index (χ0) is 9.56. The Labute approximate surface area is 71.6 Å². The Balaban J connectivity index is 4.46. The van der Waals surface area contributed by atoms with Crippen LogP contribution in [0.1, 0.15) is 13.3 Å². The molecule has 1 atom stereocenters. The molecule has 1 N–H and O–H groups in total. The highest BCUT2D eigenvalue weighted by Gasteiger charge is 2.13. The summed E-state index contributed by atoms with van der Waals surface area (Å²) in [7, 11) is 0. The second-order valence-corrected chi connectivity index (χ2v) is 2.30. The van der Waals surface area contributed by atoms with E-state index in [1.54, 1.807) is 13.0 Å². The minimum Gasteiger partial charge on any atom is -0.481 e. The number of rotatable bonds is 4. The van der Waals surface area contributed by atoms with Crippen molar-refractivity contribution in [2.45, 2.75) is 13.3 Å². The summed E-state index contributed by atoms with van der Waals surface area (Å²) >= 11 is 0. The monoisotopic (exact) mass is 165 g/mol. The molecule has 0 aromatic rings. The number of carboxylic acids is 1.